The quantitative estimate of drug-likeness (QED) is 0.847. The number of benzene rings is 1. The van der Waals surface area contributed by atoms with E-state index in [-0.39, 0.29) is 0 Å². The van der Waals surface area contributed by atoms with E-state index >= 15 is 0 Å². The fraction of sp³-hybridized carbons (Fsp3) is 0.167. The highest BCUT2D eigenvalue weighted by atomic mass is 35.5. The molecule has 2 N–H and O–H groups in total. The molecule has 0 unspecified atom stereocenters. The van der Waals surface area contributed by atoms with Crippen molar-refractivity contribution < 1.29 is 0 Å². The van der Waals surface area contributed by atoms with Crippen LogP contribution >= 0.6 is 35.0 Å². The number of aromatic nitrogens is 2. The van der Waals surface area contributed by atoms with Crippen LogP contribution < -0.4 is 5.73 Å². The van der Waals surface area contributed by atoms with Crippen molar-refractivity contribution >= 4 is 40.8 Å². The fourth-order valence-corrected chi connectivity index (χ4v) is 2.85. The summed E-state index contributed by atoms with van der Waals surface area (Å²) in [6.45, 7) is 3.69. The van der Waals surface area contributed by atoms with E-state index in [1.807, 2.05) is 13.0 Å². The number of hydrogen-bond donors (Lipinski definition) is 1. The van der Waals surface area contributed by atoms with Gasteiger partial charge in [-0.2, -0.15) is 0 Å². The number of nitrogen functional groups attached to an aromatic ring is 1. The van der Waals surface area contributed by atoms with Crippen LogP contribution in [0.1, 0.15) is 11.4 Å². The zero-order valence-corrected chi connectivity index (χ0v) is 12.2. The average Bonchev–Trinajstić information content (AvgIpc) is 2.30. The van der Waals surface area contributed by atoms with Crippen LogP contribution in [0.3, 0.4) is 0 Å². The highest BCUT2D eigenvalue weighted by molar-refractivity contribution is 7.99. The Hall–Kier alpha value is -0.970. The van der Waals surface area contributed by atoms with Gasteiger partial charge in [0.1, 0.15) is 16.7 Å². The van der Waals surface area contributed by atoms with Gasteiger partial charge in [0.15, 0.2) is 0 Å². The molecule has 0 aliphatic carbocycles. The van der Waals surface area contributed by atoms with Crippen molar-refractivity contribution in [3.05, 3.63) is 39.6 Å². The second-order valence-electron chi connectivity index (χ2n) is 3.76. The molecule has 0 radical (unpaired) electrons. The van der Waals surface area contributed by atoms with Crippen molar-refractivity contribution in [2.75, 3.05) is 5.73 Å². The van der Waals surface area contributed by atoms with Crippen molar-refractivity contribution in [2.45, 2.75) is 23.8 Å². The van der Waals surface area contributed by atoms with E-state index in [0.29, 0.717) is 21.7 Å². The lowest BCUT2D eigenvalue weighted by molar-refractivity contribution is 0.947. The molecule has 94 valence electrons. The van der Waals surface area contributed by atoms with Crippen molar-refractivity contribution in [2.24, 2.45) is 0 Å². The Morgan fingerprint density at radius 2 is 1.89 bits per heavy atom. The molecule has 2 aromatic rings. The minimum atomic E-state index is 0.489. The van der Waals surface area contributed by atoms with E-state index in [2.05, 4.69) is 9.97 Å². The molecule has 0 fully saturated rings. The van der Waals surface area contributed by atoms with Gasteiger partial charge in [-0.1, -0.05) is 35.0 Å². The summed E-state index contributed by atoms with van der Waals surface area (Å²) in [5, 5.41) is 2.07. The molecule has 0 aliphatic rings. The molecule has 1 heterocycles. The van der Waals surface area contributed by atoms with E-state index in [1.165, 1.54) is 11.8 Å². The van der Waals surface area contributed by atoms with E-state index in [4.69, 9.17) is 28.9 Å². The summed E-state index contributed by atoms with van der Waals surface area (Å²) in [5.41, 5.74) is 6.67. The van der Waals surface area contributed by atoms with Crippen LogP contribution in [0.2, 0.25) is 10.0 Å². The van der Waals surface area contributed by atoms with Gasteiger partial charge >= 0.3 is 0 Å². The number of anilines is 1. The summed E-state index contributed by atoms with van der Waals surface area (Å²) in [4.78, 5) is 9.33. The molecule has 6 heteroatoms. The predicted molar refractivity (Wildman–Crippen MR) is 76.5 cm³/mol. The predicted octanol–water partition coefficient (Wildman–Crippen LogP) is 4.13. The van der Waals surface area contributed by atoms with Crippen LogP contribution in [0.15, 0.2) is 28.1 Å². The van der Waals surface area contributed by atoms with Crippen molar-refractivity contribution in [1.82, 2.24) is 9.97 Å². The summed E-state index contributed by atoms with van der Waals surface area (Å²) in [7, 11) is 0. The highest BCUT2D eigenvalue weighted by Gasteiger charge is 2.11. The zero-order chi connectivity index (χ0) is 13.3. The second-order valence-corrected chi connectivity index (χ2v) is 5.64. The molecule has 0 saturated heterocycles. The Balaban J connectivity index is 2.43. The molecular weight excluding hydrogens is 289 g/mol. The third-order valence-corrected chi connectivity index (χ3v) is 4.18. The van der Waals surface area contributed by atoms with Gasteiger partial charge in [-0.15, -0.1) is 0 Å². The number of hydrogen-bond acceptors (Lipinski definition) is 4. The summed E-state index contributed by atoms with van der Waals surface area (Å²) in [6, 6.07) is 5.32. The normalized spacial score (nSPS) is 10.7. The zero-order valence-electron chi connectivity index (χ0n) is 9.87. The smallest absolute Gasteiger partial charge is 0.131 e. The van der Waals surface area contributed by atoms with Crippen molar-refractivity contribution in [3.8, 4) is 0 Å². The number of rotatable bonds is 2. The highest BCUT2D eigenvalue weighted by Crippen LogP contribution is 2.36. The van der Waals surface area contributed by atoms with Crippen LogP contribution in [-0.4, -0.2) is 9.97 Å². The van der Waals surface area contributed by atoms with Gasteiger partial charge in [0.2, 0.25) is 0 Å². The molecule has 0 atom stereocenters. The van der Waals surface area contributed by atoms with Gasteiger partial charge in [0.05, 0.1) is 5.02 Å². The summed E-state index contributed by atoms with van der Waals surface area (Å²) in [5.74, 6) is 1.13. The van der Waals surface area contributed by atoms with Crippen LogP contribution in [0.5, 0.6) is 0 Å². The lowest BCUT2D eigenvalue weighted by Gasteiger charge is -2.09. The van der Waals surface area contributed by atoms with Crippen LogP contribution in [0.4, 0.5) is 5.82 Å². The largest absolute Gasteiger partial charge is 0.383 e. The monoisotopic (exact) mass is 299 g/mol. The average molecular weight is 300 g/mol. The lowest BCUT2D eigenvalue weighted by Crippen LogP contribution is -2.01. The molecule has 0 saturated carbocycles. The van der Waals surface area contributed by atoms with Gasteiger partial charge in [0, 0.05) is 15.5 Å². The molecular formula is C12H11Cl2N3S. The van der Waals surface area contributed by atoms with Crippen molar-refractivity contribution in [3.63, 3.8) is 0 Å². The maximum absolute atomic E-state index is 6.12. The molecule has 0 aliphatic heterocycles. The van der Waals surface area contributed by atoms with Crippen LogP contribution in [0, 0.1) is 13.8 Å². The van der Waals surface area contributed by atoms with E-state index in [0.717, 1.165) is 15.5 Å². The Bertz CT molecular complexity index is 602. The Morgan fingerprint density at radius 1 is 1.17 bits per heavy atom. The maximum atomic E-state index is 6.12. The number of halogens is 2. The second kappa shape index (κ2) is 5.34. The minimum Gasteiger partial charge on any atom is -0.383 e. The topological polar surface area (TPSA) is 51.8 Å². The molecule has 3 nitrogen and oxygen atoms in total. The molecule has 1 aromatic heterocycles. The van der Waals surface area contributed by atoms with E-state index in [9.17, 15) is 0 Å². The SMILES string of the molecule is Cc1nc(N)c(C)c(Sc2cc(Cl)ccc2Cl)n1. The summed E-state index contributed by atoms with van der Waals surface area (Å²) < 4.78 is 0. The van der Waals surface area contributed by atoms with Gasteiger partial charge in [-0.05, 0) is 32.0 Å². The fourth-order valence-electron chi connectivity index (χ4n) is 1.38. The number of nitrogens with two attached hydrogens (primary N) is 1. The van der Waals surface area contributed by atoms with Crippen LogP contribution in [0.25, 0.3) is 0 Å². The Morgan fingerprint density at radius 3 is 2.61 bits per heavy atom. The van der Waals surface area contributed by atoms with Gasteiger partial charge in [0.25, 0.3) is 0 Å². The lowest BCUT2D eigenvalue weighted by atomic mass is 10.3. The Kier molecular flexibility index (Phi) is 4.00. The first-order valence-corrected chi connectivity index (χ1v) is 6.78. The Labute approximate surface area is 120 Å². The third kappa shape index (κ3) is 2.88. The molecule has 0 spiro atoms. The first kappa shape index (κ1) is 13.5. The summed E-state index contributed by atoms with van der Waals surface area (Å²) in [6.07, 6.45) is 0. The van der Waals surface area contributed by atoms with Gasteiger partial charge in [-0.3, -0.25) is 0 Å². The van der Waals surface area contributed by atoms with Crippen LogP contribution in [-0.2, 0) is 0 Å². The van der Waals surface area contributed by atoms with Crippen molar-refractivity contribution in [1.29, 1.82) is 0 Å². The van der Waals surface area contributed by atoms with E-state index in [1.54, 1.807) is 19.1 Å². The number of nitrogens with zero attached hydrogens (tertiary/aromatic N) is 2. The first-order chi connectivity index (χ1) is 8.47. The standard InChI is InChI=1S/C12H11Cl2N3S/c1-6-11(15)16-7(2)17-12(6)18-10-5-8(13)3-4-9(10)14/h3-5H,1-2H3,(H2,15,16,17). The molecule has 1 aromatic carbocycles. The third-order valence-electron chi connectivity index (χ3n) is 2.35. The molecule has 2 rings (SSSR count). The van der Waals surface area contributed by atoms with Gasteiger partial charge < -0.3 is 5.73 Å². The number of aryl methyl sites for hydroxylation is 1. The molecule has 0 amide bonds. The maximum Gasteiger partial charge on any atom is 0.131 e. The molecule has 0 bridgehead atoms. The van der Waals surface area contributed by atoms with Gasteiger partial charge in [-0.25, -0.2) is 9.97 Å². The minimum absolute atomic E-state index is 0.489. The summed E-state index contributed by atoms with van der Waals surface area (Å²) >= 11 is 13.5. The van der Waals surface area contributed by atoms with E-state index < -0.39 is 0 Å². The molecule has 18 heavy (non-hydrogen) atoms. The first-order valence-electron chi connectivity index (χ1n) is 5.21.